The highest BCUT2D eigenvalue weighted by Gasteiger charge is 2.47. The van der Waals surface area contributed by atoms with E-state index in [1.807, 2.05) is 25.8 Å². The van der Waals surface area contributed by atoms with Gasteiger partial charge in [0.15, 0.2) is 0 Å². The smallest absolute Gasteiger partial charge is 0.410 e. The fraction of sp³-hybridized carbons (Fsp3) is 0.889. The number of hydrogen-bond donors (Lipinski definition) is 1. The average molecular weight is 443 g/mol. The van der Waals surface area contributed by atoms with Gasteiger partial charge in [0, 0.05) is 52.7 Å². The summed E-state index contributed by atoms with van der Waals surface area (Å²) in [6, 6.07) is -0.464. The number of nitrogens with zero attached hydrogens (tertiary/aromatic N) is 3. The number of methoxy groups -OCH3 is 1. The third kappa shape index (κ3) is 6.91. The van der Waals surface area contributed by atoms with Crippen LogP contribution in [0.25, 0.3) is 0 Å². The highest BCUT2D eigenvalue weighted by atomic mass is 35.5. The van der Waals surface area contributed by atoms with Gasteiger partial charge in [-0.3, -0.25) is 4.79 Å². The van der Waals surface area contributed by atoms with E-state index in [0.717, 1.165) is 13.1 Å². The molecule has 2 aliphatic heterocycles. The van der Waals surface area contributed by atoms with Crippen LogP contribution in [0, 0.1) is 5.92 Å². The van der Waals surface area contributed by atoms with Crippen LogP contribution in [0.1, 0.15) is 26.7 Å². The van der Waals surface area contributed by atoms with Crippen LogP contribution in [-0.4, -0.2) is 98.4 Å². The molecule has 2 fully saturated rings. The minimum Gasteiger partial charge on any atom is -0.441 e. The molecule has 8 nitrogen and oxygen atoms in total. The summed E-state index contributed by atoms with van der Waals surface area (Å²) in [6.45, 7) is 8.61. The summed E-state index contributed by atoms with van der Waals surface area (Å²) in [5.74, 6) is 0.115. The number of nitrogens with two attached hydrogens (primary N) is 1. The number of rotatable bonds is 8. The Labute approximate surface area is 180 Å². The van der Waals surface area contributed by atoms with Crippen LogP contribution in [0.5, 0.6) is 0 Å². The van der Waals surface area contributed by atoms with Crippen molar-refractivity contribution in [3.05, 3.63) is 0 Å². The van der Waals surface area contributed by atoms with Gasteiger partial charge in [-0.05, 0) is 13.0 Å². The van der Waals surface area contributed by atoms with Crippen molar-refractivity contribution in [2.24, 2.45) is 11.7 Å². The van der Waals surface area contributed by atoms with Crippen molar-refractivity contribution >= 4 is 36.8 Å². The molecule has 2 N–H and O–H groups in total. The lowest BCUT2D eigenvalue weighted by molar-refractivity contribution is -0.136. The third-order valence-corrected chi connectivity index (χ3v) is 5.46. The Balaban J connectivity index is 0.00000364. The van der Waals surface area contributed by atoms with Gasteiger partial charge in [-0.1, -0.05) is 13.8 Å². The summed E-state index contributed by atoms with van der Waals surface area (Å²) >= 11 is 0. The van der Waals surface area contributed by atoms with Crippen molar-refractivity contribution in [2.45, 2.75) is 38.3 Å². The molecule has 1 spiro atoms. The predicted molar refractivity (Wildman–Crippen MR) is 113 cm³/mol. The Bertz CT molecular complexity index is 502. The number of hydrogen-bond acceptors (Lipinski definition) is 6. The summed E-state index contributed by atoms with van der Waals surface area (Å²) in [5.41, 5.74) is 5.53. The molecule has 2 saturated heterocycles. The first-order chi connectivity index (χ1) is 12.3. The van der Waals surface area contributed by atoms with Crippen LogP contribution in [0.15, 0.2) is 0 Å². The number of piperidine rings is 1. The summed E-state index contributed by atoms with van der Waals surface area (Å²) in [5, 5.41) is 0. The van der Waals surface area contributed by atoms with Crippen LogP contribution < -0.4 is 5.73 Å². The Kier molecular flexibility index (Phi) is 11.7. The lowest BCUT2D eigenvalue weighted by Crippen LogP contribution is -2.53. The largest absolute Gasteiger partial charge is 0.441 e. The second-order valence-electron chi connectivity index (χ2n) is 7.86. The number of carbonyl (C=O) groups excluding carboxylic acids is 2. The number of likely N-dealkylation sites (N-methyl/N-ethyl adjacent to an activating group) is 1. The monoisotopic (exact) mass is 442 g/mol. The zero-order chi connectivity index (χ0) is 19.3. The Morgan fingerprint density at radius 2 is 1.89 bits per heavy atom. The number of halogens is 2. The molecule has 0 aromatic heterocycles. The molecular weight excluding hydrogens is 407 g/mol. The molecule has 0 aliphatic carbocycles. The molecular formula is C18H36Cl2N4O4. The van der Waals surface area contributed by atoms with Crippen LogP contribution >= 0.6 is 24.8 Å². The van der Waals surface area contributed by atoms with Crippen molar-refractivity contribution in [1.29, 1.82) is 0 Å². The van der Waals surface area contributed by atoms with E-state index in [2.05, 4.69) is 4.90 Å². The molecule has 2 rings (SSSR count). The zero-order valence-corrected chi connectivity index (χ0v) is 19.0. The van der Waals surface area contributed by atoms with Crippen LogP contribution in [0.3, 0.4) is 0 Å². The van der Waals surface area contributed by atoms with E-state index in [-0.39, 0.29) is 42.7 Å². The van der Waals surface area contributed by atoms with Gasteiger partial charge in [0.25, 0.3) is 0 Å². The lowest BCUT2D eigenvalue weighted by atomic mass is 9.90. The Morgan fingerprint density at radius 3 is 2.43 bits per heavy atom. The van der Waals surface area contributed by atoms with E-state index < -0.39 is 11.6 Å². The molecule has 0 aromatic carbocycles. The molecule has 2 amide bonds. The predicted octanol–water partition coefficient (Wildman–Crippen LogP) is 1.20. The molecule has 0 radical (unpaired) electrons. The maximum absolute atomic E-state index is 12.4. The minimum atomic E-state index is -0.464. The van der Waals surface area contributed by atoms with Gasteiger partial charge < -0.3 is 29.9 Å². The molecule has 2 heterocycles. The standard InChI is InChI=1S/C18H34N4O4.2ClH/c1-14(2)15(19)16(23)21-7-5-18(6-8-21)13-22(17(24)26-18)10-9-20(3)11-12-25-4;;/h14-15H,5-13,19H2,1-4H3;2*1H/t15-;;/m1../s1. The summed E-state index contributed by atoms with van der Waals surface area (Å²) in [4.78, 5) is 30.4. The summed E-state index contributed by atoms with van der Waals surface area (Å²) in [7, 11) is 3.69. The highest BCUT2D eigenvalue weighted by molar-refractivity contribution is 5.85. The highest BCUT2D eigenvalue weighted by Crippen LogP contribution is 2.33. The number of amides is 2. The maximum Gasteiger partial charge on any atom is 0.410 e. The second kappa shape index (κ2) is 12.0. The van der Waals surface area contributed by atoms with E-state index >= 15 is 0 Å². The number of carbonyl (C=O) groups is 2. The Morgan fingerprint density at radius 1 is 1.29 bits per heavy atom. The fourth-order valence-electron chi connectivity index (χ4n) is 3.41. The minimum absolute atomic E-state index is 0. The normalized spacial score (nSPS) is 19.5. The van der Waals surface area contributed by atoms with Gasteiger partial charge in [0.1, 0.15) is 5.60 Å². The van der Waals surface area contributed by atoms with Crippen molar-refractivity contribution in [1.82, 2.24) is 14.7 Å². The van der Waals surface area contributed by atoms with Crippen molar-refractivity contribution in [3.63, 3.8) is 0 Å². The van der Waals surface area contributed by atoms with E-state index in [1.54, 1.807) is 12.0 Å². The maximum atomic E-state index is 12.4. The van der Waals surface area contributed by atoms with Gasteiger partial charge in [-0.15, -0.1) is 24.8 Å². The lowest BCUT2D eigenvalue weighted by Gasteiger charge is -2.38. The van der Waals surface area contributed by atoms with Gasteiger partial charge >= 0.3 is 6.09 Å². The molecule has 0 bridgehead atoms. The molecule has 0 unspecified atom stereocenters. The van der Waals surface area contributed by atoms with Gasteiger partial charge in [0.05, 0.1) is 19.2 Å². The SMILES string of the molecule is COCCN(C)CCN1CC2(CCN(C(=O)[C@H](N)C(C)C)CC2)OC1=O.Cl.Cl. The van der Waals surface area contributed by atoms with Crippen molar-refractivity contribution in [3.8, 4) is 0 Å². The first kappa shape index (κ1) is 27.2. The topological polar surface area (TPSA) is 88.3 Å². The zero-order valence-electron chi connectivity index (χ0n) is 17.4. The van der Waals surface area contributed by atoms with Crippen LogP contribution in [-0.2, 0) is 14.3 Å². The number of ether oxygens (including phenoxy) is 2. The van der Waals surface area contributed by atoms with Crippen LogP contribution in [0.4, 0.5) is 4.79 Å². The molecule has 0 saturated carbocycles. The van der Waals surface area contributed by atoms with Crippen molar-refractivity contribution in [2.75, 3.05) is 60.0 Å². The van der Waals surface area contributed by atoms with E-state index in [9.17, 15) is 9.59 Å². The third-order valence-electron chi connectivity index (χ3n) is 5.46. The molecule has 0 aromatic rings. The molecule has 28 heavy (non-hydrogen) atoms. The fourth-order valence-corrected chi connectivity index (χ4v) is 3.41. The number of likely N-dealkylation sites (tertiary alicyclic amines) is 1. The van der Waals surface area contributed by atoms with Crippen LogP contribution in [0.2, 0.25) is 0 Å². The molecule has 10 heteroatoms. The molecule has 2 aliphatic rings. The van der Waals surface area contributed by atoms with Gasteiger partial charge in [0.2, 0.25) is 5.91 Å². The van der Waals surface area contributed by atoms with E-state index in [1.165, 1.54) is 0 Å². The Hall–Kier alpha value is -0.800. The summed E-state index contributed by atoms with van der Waals surface area (Å²) < 4.78 is 10.8. The van der Waals surface area contributed by atoms with Gasteiger partial charge in [-0.25, -0.2) is 4.79 Å². The molecule has 166 valence electrons. The van der Waals surface area contributed by atoms with E-state index in [0.29, 0.717) is 45.6 Å². The van der Waals surface area contributed by atoms with Gasteiger partial charge in [-0.2, -0.15) is 0 Å². The first-order valence-corrected chi connectivity index (χ1v) is 9.48. The average Bonchev–Trinajstić information content (AvgIpc) is 2.92. The molecule has 1 atom stereocenters. The summed E-state index contributed by atoms with van der Waals surface area (Å²) in [6.07, 6.45) is 1.10. The first-order valence-electron chi connectivity index (χ1n) is 9.48. The van der Waals surface area contributed by atoms with E-state index in [4.69, 9.17) is 15.2 Å². The van der Waals surface area contributed by atoms with Crippen molar-refractivity contribution < 1.29 is 19.1 Å². The second-order valence-corrected chi connectivity index (χ2v) is 7.86. The quantitative estimate of drug-likeness (QED) is 0.607.